The maximum absolute atomic E-state index is 13.7. The number of sulfonamides is 1. The molecular weight excluding hydrogens is 841 g/mol. The number of unbranched alkanes of at least 4 members (excludes halogenated alkanes) is 1. The molecular formula is C42H68N8O12S. The molecule has 1 fully saturated rings. The van der Waals surface area contributed by atoms with Crippen LogP contribution >= 0.6 is 0 Å². The van der Waals surface area contributed by atoms with Gasteiger partial charge in [0.2, 0.25) is 29.6 Å². The van der Waals surface area contributed by atoms with Crippen LogP contribution in [0.15, 0.2) is 9.89 Å². The quantitative estimate of drug-likeness (QED) is 0.0443. The molecule has 0 bridgehead atoms. The van der Waals surface area contributed by atoms with E-state index in [-0.39, 0.29) is 43.4 Å². The van der Waals surface area contributed by atoms with Gasteiger partial charge in [-0.15, -0.1) is 0 Å². The smallest absolute Gasteiger partial charge is 0.326 e. The van der Waals surface area contributed by atoms with Gasteiger partial charge in [-0.1, -0.05) is 0 Å². The number of likely N-dealkylation sites (tertiary alicyclic amines) is 1. The van der Waals surface area contributed by atoms with Crippen molar-refractivity contribution in [1.82, 2.24) is 25.6 Å². The first-order valence-electron chi connectivity index (χ1n) is 21.1. The van der Waals surface area contributed by atoms with Crippen molar-refractivity contribution < 1.29 is 56.5 Å². The summed E-state index contributed by atoms with van der Waals surface area (Å²) >= 11 is 0. The SMILES string of the molecule is Cc1c(C)c(S(=O)(=O)NC(N)=NCCCC[C@H](N)C(=O)NCC(=O)N[C@@H](CC(=O)OC(C)(C)C)C(=O)N[C@@H](COC(C)(C)C)C(=O)N2CCC[C@H]2C(=O)O)c(C)c2c1OC(C)(C)C2. The Hall–Kier alpha value is -5.02. The summed E-state index contributed by atoms with van der Waals surface area (Å²) in [5.74, 6) is -4.81. The number of nitrogens with zero attached hydrogens (tertiary/aromatic N) is 2. The van der Waals surface area contributed by atoms with Crippen LogP contribution in [0.1, 0.15) is 116 Å². The number of hydrogen-bond donors (Lipinski definition) is 7. The molecule has 0 unspecified atom stereocenters. The molecule has 0 aromatic heterocycles. The molecule has 3 rings (SSSR count). The highest BCUT2D eigenvalue weighted by molar-refractivity contribution is 7.90. The summed E-state index contributed by atoms with van der Waals surface area (Å²) in [7, 11) is -4.08. The lowest BCUT2D eigenvalue weighted by Gasteiger charge is -2.30. The maximum atomic E-state index is 13.7. The highest BCUT2D eigenvalue weighted by atomic mass is 32.2. The first-order chi connectivity index (χ1) is 28.9. The van der Waals surface area contributed by atoms with Gasteiger partial charge in [-0.2, -0.15) is 0 Å². The van der Waals surface area contributed by atoms with Gasteiger partial charge < -0.3 is 51.6 Å². The van der Waals surface area contributed by atoms with Gasteiger partial charge in [0.15, 0.2) is 0 Å². The van der Waals surface area contributed by atoms with Crippen LogP contribution in [-0.2, 0) is 54.7 Å². The molecule has 0 radical (unpaired) electrons. The van der Waals surface area contributed by atoms with Crippen LogP contribution in [-0.4, -0.2) is 127 Å². The molecule has 9 N–H and O–H groups in total. The second kappa shape index (κ2) is 21.1. The lowest BCUT2D eigenvalue weighted by Crippen LogP contribution is -2.58. The van der Waals surface area contributed by atoms with Crippen LogP contribution in [0.4, 0.5) is 0 Å². The van der Waals surface area contributed by atoms with Gasteiger partial charge in [0, 0.05) is 25.1 Å². The molecule has 0 spiro atoms. The van der Waals surface area contributed by atoms with E-state index in [9.17, 15) is 42.3 Å². The molecule has 2 aliphatic heterocycles. The van der Waals surface area contributed by atoms with E-state index >= 15 is 0 Å². The van der Waals surface area contributed by atoms with Gasteiger partial charge >= 0.3 is 11.9 Å². The van der Waals surface area contributed by atoms with E-state index in [1.54, 1.807) is 55.4 Å². The zero-order valence-corrected chi connectivity index (χ0v) is 39.3. The topological polar surface area (TPSA) is 300 Å². The number of fused-ring (bicyclic) bond motifs is 1. The summed E-state index contributed by atoms with van der Waals surface area (Å²) in [6, 6.07) is -5.07. The minimum Gasteiger partial charge on any atom is -0.487 e. The van der Waals surface area contributed by atoms with E-state index in [1.165, 1.54) is 0 Å². The lowest BCUT2D eigenvalue weighted by molar-refractivity contribution is -0.157. The average molecular weight is 909 g/mol. The molecule has 2 aliphatic rings. The number of nitrogens with one attached hydrogen (secondary N) is 4. The van der Waals surface area contributed by atoms with Crippen LogP contribution in [0.5, 0.6) is 5.75 Å². The molecule has 4 amide bonds. The molecule has 354 valence electrons. The fraction of sp³-hybridized carbons (Fsp3) is 0.690. The monoisotopic (exact) mass is 908 g/mol. The molecule has 4 atom stereocenters. The Morgan fingerprint density at radius 2 is 1.60 bits per heavy atom. The second-order valence-electron chi connectivity index (χ2n) is 18.7. The fourth-order valence-electron chi connectivity index (χ4n) is 7.25. The van der Waals surface area contributed by atoms with E-state index in [4.69, 9.17) is 25.7 Å². The number of amides is 4. The Morgan fingerprint density at radius 3 is 2.21 bits per heavy atom. The Kier molecular flexibility index (Phi) is 17.5. The summed E-state index contributed by atoms with van der Waals surface area (Å²) in [5, 5.41) is 17.0. The third-order valence-corrected chi connectivity index (χ3v) is 12.0. The maximum Gasteiger partial charge on any atom is 0.326 e. The van der Waals surface area contributed by atoms with Crippen molar-refractivity contribution >= 4 is 51.6 Å². The molecule has 0 saturated carbocycles. The second-order valence-corrected chi connectivity index (χ2v) is 20.3. The number of nitrogens with two attached hydrogens (primary N) is 2. The number of benzene rings is 1. The first-order valence-corrected chi connectivity index (χ1v) is 22.6. The third kappa shape index (κ3) is 15.3. The highest BCUT2D eigenvalue weighted by Crippen LogP contribution is 2.43. The molecule has 20 nitrogen and oxygen atoms in total. The van der Waals surface area contributed by atoms with Crippen molar-refractivity contribution in [1.29, 1.82) is 0 Å². The van der Waals surface area contributed by atoms with E-state index in [2.05, 4.69) is 25.7 Å². The van der Waals surface area contributed by atoms with Crippen LogP contribution < -0.4 is 36.9 Å². The number of ether oxygens (including phenoxy) is 3. The van der Waals surface area contributed by atoms with E-state index < -0.39 is 99.5 Å². The minimum atomic E-state index is -4.08. The number of carboxylic acid groups (broad SMARTS) is 1. The predicted molar refractivity (Wildman–Crippen MR) is 233 cm³/mol. The Labute approximate surface area is 370 Å². The fourth-order valence-corrected chi connectivity index (χ4v) is 8.77. The van der Waals surface area contributed by atoms with Crippen molar-refractivity contribution in [2.45, 2.75) is 167 Å². The summed E-state index contributed by atoms with van der Waals surface area (Å²) in [5.41, 5.74) is 12.6. The van der Waals surface area contributed by atoms with E-state index in [0.29, 0.717) is 42.6 Å². The molecule has 2 heterocycles. The van der Waals surface area contributed by atoms with Crippen molar-refractivity contribution in [3.8, 4) is 5.75 Å². The van der Waals surface area contributed by atoms with Gasteiger partial charge in [0.05, 0.1) is 36.1 Å². The van der Waals surface area contributed by atoms with E-state index in [1.807, 2.05) is 20.8 Å². The summed E-state index contributed by atoms with van der Waals surface area (Å²) in [4.78, 5) is 83.4. The Balaban J connectivity index is 1.58. The molecule has 63 heavy (non-hydrogen) atoms. The standard InChI is InChI=1S/C42H68N8O12S/c1-23-24(2)34(25(3)26-20-42(10,11)62-33(23)26)63(58,59)49-39(44)45-17-13-12-15-27(43)35(53)46-21-31(51)47-28(19-32(52)61-41(7,8)9)36(54)48-29(22-60-40(4,5)6)37(55)50-18-14-16-30(50)38(56)57/h27-30H,12-22,43H2,1-11H3,(H,46,53)(H,47,51)(H,48,54)(H,56,57)(H3,44,45,49)/t27-,28-,29-,30-/m0/s1. The Bertz CT molecular complexity index is 2040. The van der Waals surface area contributed by atoms with Crippen molar-refractivity contribution in [2.75, 3.05) is 26.2 Å². The number of aliphatic imine (C=N–C) groups is 1. The molecule has 0 aliphatic carbocycles. The highest BCUT2D eigenvalue weighted by Gasteiger charge is 2.40. The number of carbonyl (C=O) groups is 6. The Morgan fingerprint density at radius 1 is 0.952 bits per heavy atom. The van der Waals surface area contributed by atoms with Crippen molar-refractivity contribution in [3.05, 3.63) is 22.3 Å². The zero-order chi connectivity index (χ0) is 47.8. The summed E-state index contributed by atoms with van der Waals surface area (Å²) < 4.78 is 46.5. The van der Waals surface area contributed by atoms with Gasteiger partial charge in [-0.3, -0.25) is 29.0 Å². The van der Waals surface area contributed by atoms with Crippen LogP contribution in [0.25, 0.3) is 0 Å². The lowest BCUT2D eigenvalue weighted by atomic mass is 9.94. The summed E-state index contributed by atoms with van der Waals surface area (Å²) in [6.07, 6.45) is 1.56. The largest absolute Gasteiger partial charge is 0.487 e. The van der Waals surface area contributed by atoms with Gasteiger partial charge in [-0.05, 0) is 125 Å². The van der Waals surface area contributed by atoms with Crippen molar-refractivity contribution in [3.63, 3.8) is 0 Å². The van der Waals surface area contributed by atoms with Crippen LogP contribution in [0.3, 0.4) is 0 Å². The van der Waals surface area contributed by atoms with Crippen LogP contribution in [0.2, 0.25) is 0 Å². The van der Waals surface area contributed by atoms with Gasteiger partial charge in [0.25, 0.3) is 10.0 Å². The molecule has 21 heteroatoms. The number of hydrogen-bond acceptors (Lipinski definition) is 13. The molecule has 1 aromatic rings. The average Bonchev–Trinajstić information content (AvgIpc) is 3.77. The third-order valence-electron chi connectivity index (χ3n) is 10.3. The number of carboxylic acids is 1. The number of aliphatic carboxylic acids is 1. The normalized spacial score (nSPS) is 17.7. The van der Waals surface area contributed by atoms with Crippen molar-refractivity contribution in [2.24, 2.45) is 16.5 Å². The number of carbonyl (C=O) groups excluding carboxylic acids is 5. The predicted octanol–water partition coefficient (Wildman–Crippen LogP) is 1.12. The van der Waals surface area contributed by atoms with Gasteiger partial charge in [0.1, 0.15) is 35.1 Å². The number of guanidine groups is 1. The molecule has 1 saturated heterocycles. The van der Waals surface area contributed by atoms with Gasteiger partial charge in [-0.25, -0.2) is 17.9 Å². The van der Waals surface area contributed by atoms with Crippen LogP contribution in [0, 0.1) is 20.8 Å². The zero-order valence-electron chi connectivity index (χ0n) is 38.5. The minimum absolute atomic E-state index is 0.127. The molecule has 1 aromatic carbocycles. The van der Waals surface area contributed by atoms with E-state index in [0.717, 1.165) is 16.0 Å². The number of rotatable bonds is 19. The first kappa shape index (κ1) is 52.3. The number of esters is 1. The summed E-state index contributed by atoms with van der Waals surface area (Å²) in [6.45, 7) is 18.5.